The van der Waals surface area contributed by atoms with Gasteiger partial charge in [-0.3, -0.25) is 14.7 Å². The molecule has 2 bridgehead atoms. The van der Waals surface area contributed by atoms with E-state index in [1.165, 1.54) is 26.2 Å². The quantitative estimate of drug-likeness (QED) is 0.457. The number of ether oxygens (including phenoxy) is 1. The van der Waals surface area contributed by atoms with Crippen molar-refractivity contribution in [1.29, 1.82) is 0 Å². The van der Waals surface area contributed by atoms with Crippen LogP contribution >= 0.6 is 0 Å². The van der Waals surface area contributed by atoms with Gasteiger partial charge in [0.1, 0.15) is 6.04 Å². The molecule has 2 aliphatic rings. The van der Waals surface area contributed by atoms with Gasteiger partial charge >= 0.3 is 6.18 Å². The van der Waals surface area contributed by atoms with Crippen LogP contribution in [0.1, 0.15) is 60.9 Å². The number of carbonyl (C=O) groups excluding carboxylic acids is 2. The van der Waals surface area contributed by atoms with Crippen LogP contribution in [-0.2, 0) is 11.0 Å². The van der Waals surface area contributed by atoms with E-state index < -0.39 is 29.8 Å². The maximum Gasteiger partial charge on any atom is 0.455 e. The molecule has 2 saturated heterocycles. The fraction of sp³-hybridized carbons (Fsp3) is 0.478. The first-order chi connectivity index (χ1) is 18.0. The normalized spacial score (nSPS) is 21.8. The van der Waals surface area contributed by atoms with Gasteiger partial charge in [-0.1, -0.05) is 5.16 Å². The Bertz CT molecular complexity index is 1340. The van der Waals surface area contributed by atoms with Gasteiger partial charge in [-0.25, -0.2) is 9.37 Å². The summed E-state index contributed by atoms with van der Waals surface area (Å²) in [7, 11) is 1.40. The van der Waals surface area contributed by atoms with Crippen LogP contribution in [0.15, 0.2) is 22.9 Å². The van der Waals surface area contributed by atoms with Gasteiger partial charge in [0.2, 0.25) is 17.7 Å². The van der Waals surface area contributed by atoms with Crippen LogP contribution in [0, 0.1) is 11.7 Å². The number of pyridine rings is 1. The van der Waals surface area contributed by atoms with Crippen molar-refractivity contribution in [3.8, 4) is 17.1 Å². The van der Waals surface area contributed by atoms with E-state index in [1.807, 2.05) is 0 Å². The molecule has 2 fully saturated rings. The number of carbonyl (C=O) groups is 2. The zero-order chi connectivity index (χ0) is 27.2. The first-order valence-corrected chi connectivity index (χ1v) is 11.8. The predicted molar refractivity (Wildman–Crippen MR) is 120 cm³/mol. The zero-order valence-corrected chi connectivity index (χ0v) is 20.3. The number of methoxy groups -OCH3 is 1. The average Bonchev–Trinajstić information content (AvgIpc) is 3.62. The minimum atomic E-state index is -4.75. The third kappa shape index (κ3) is 4.79. The molecule has 5 rings (SSSR count). The SMILES string of the molecule is COc1cc(-c2cc(C(=O)N3[C@@H]4CC[C@H]3C[C@H](C(=O)N[C@@H](C)c3nc(C(F)(F)F)no3)C4)n[nH]2)c(F)cn1. The number of hydrogen-bond donors (Lipinski definition) is 2. The van der Waals surface area contributed by atoms with Crippen LogP contribution in [0.3, 0.4) is 0 Å². The summed E-state index contributed by atoms with van der Waals surface area (Å²) >= 11 is 0. The molecule has 2 aliphatic heterocycles. The van der Waals surface area contributed by atoms with E-state index >= 15 is 0 Å². The van der Waals surface area contributed by atoms with Gasteiger partial charge in [0.15, 0.2) is 11.5 Å². The number of nitrogens with one attached hydrogen (secondary N) is 2. The monoisotopic (exact) mass is 537 g/mol. The summed E-state index contributed by atoms with van der Waals surface area (Å²) in [4.78, 5) is 35.1. The minimum Gasteiger partial charge on any atom is -0.481 e. The Kier molecular flexibility index (Phi) is 6.53. The molecule has 2 N–H and O–H groups in total. The Morgan fingerprint density at radius 1 is 1.24 bits per heavy atom. The number of halogens is 4. The van der Waals surface area contributed by atoms with E-state index in [1.54, 1.807) is 4.90 Å². The fourth-order valence-electron chi connectivity index (χ4n) is 5.08. The van der Waals surface area contributed by atoms with E-state index in [2.05, 4.69) is 35.2 Å². The molecule has 5 heterocycles. The molecule has 11 nitrogen and oxygen atoms in total. The average molecular weight is 537 g/mol. The van der Waals surface area contributed by atoms with Gasteiger partial charge in [-0.15, -0.1) is 0 Å². The summed E-state index contributed by atoms with van der Waals surface area (Å²) in [6, 6.07) is 1.50. The van der Waals surface area contributed by atoms with Gasteiger partial charge in [0.05, 0.1) is 19.0 Å². The molecule has 3 aromatic rings. The molecule has 0 aromatic carbocycles. The second kappa shape index (κ2) is 9.68. The van der Waals surface area contributed by atoms with Gasteiger partial charge in [0.25, 0.3) is 11.7 Å². The summed E-state index contributed by atoms with van der Waals surface area (Å²) in [5.41, 5.74) is 0.553. The van der Waals surface area contributed by atoms with E-state index in [9.17, 15) is 27.2 Å². The molecule has 0 aliphatic carbocycles. The van der Waals surface area contributed by atoms with Crippen LogP contribution in [0.4, 0.5) is 17.6 Å². The maximum atomic E-state index is 14.3. The number of rotatable bonds is 6. The van der Waals surface area contributed by atoms with Crippen molar-refractivity contribution in [2.24, 2.45) is 5.92 Å². The summed E-state index contributed by atoms with van der Waals surface area (Å²) < 4.78 is 62.2. The summed E-state index contributed by atoms with van der Waals surface area (Å²) in [5, 5.41) is 12.3. The highest BCUT2D eigenvalue weighted by atomic mass is 19.4. The standard InChI is InChI=1S/C23H23F4N7O4/c1-10(20-30-22(33-38-20)23(25,26)27)29-19(35)11-5-12-3-4-13(6-11)34(12)21(36)17-8-16(31-32-17)14-7-18(37-2)28-9-15(14)24/h7-13H,3-6H2,1-2H3,(H,29,35)(H,31,32)/t10-,11-,12-,13+/m0/s1. The summed E-state index contributed by atoms with van der Waals surface area (Å²) in [6.45, 7) is 1.45. The number of hydrogen-bond acceptors (Lipinski definition) is 8. The Hall–Kier alpha value is -4.04. The lowest BCUT2D eigenvalue weighted by Crippen LogP contribution is -2.49. The lowest BCUT2D eigenvalue weighted by atomic mass is 9.89. The highest BCUT2D eigenvalue weighted by molar-refractivity contribution is 5.94. The number of aromatic amines is 1. The molecule has 0 unspecified atom stereocenters. The van der Waals surface area contributed by atoms with Crippen molar-refractivity contribution in [3.63, 3.8) is 0 Å². The maximum absolute atomic E-state index is 14.3. The van der Waals surface area contributed by atoms with Crippen molar-refractivity contribution >= 4 is 11.8 Å². The molecule has 2 amide bonds. The van der Waals surface area contributed by atoms with Gasteiger partial charge < -0.3 is 19.5 Å². The molecule has 15 heteroatoms. The molecular weight excluding hydrogens is 514 g/mol. The van der Waals surface area contributed by atoms with Crippen molar-refractivity contribution < 1.29 is 36.4 Å². The molecule has 0 spiro atoms. The first kappa shape index (κ1) is 25.6. The van der Waals surface area contributed by atoms with Crippen molar-refractivity contribution in [1.82, 2.24) is 35.5 Å². The van der Waals surface area contributed by atoms with E-state index in [0.29, 0.717) is 25.7 Å². The van der Waals surface area contributed by atoms with Crippen molar-refractivity contribution in [2.45, 2.75) is 56.9 Å². The number of aromatic nitrogens is 5. The highest BCUT2D eigenvalue weighted by Gasteiger charge is 2.46. The summed E-state index contributed by atoms with van der Waals surface area (Å²) in [5.74, 6) is -3.31. The molecule has 38 heavy (non-hydrogen) atoms. The molecule has 0 radical (unpaired) electrons. The van der Waals surface area contributed by atoms with Gasteiger partial charge in [-0.05, 0) is 38.7 Å². The largest absolute Gasteiger partial charge is 0.481 e. The number of amides is 2. The number of alkyl halides is 3. The highest BCUT2D eigenvalue weighted by Crippen LogP contribution is 2.40. The minimum absolute atomic E-state index is 0.112. The number of H-pyrrole nitrogens is 1. The Morgan fingerprint density at radius 3 is 2.58 bits per heavy atom. The van der Waals surface area contributed by atoms with E-state index in [-0.39, 0.29) is 52.6 Å². The Balaban J connectivity index is 1.24. The number of fused-ring (bicyclic) bond motifs is 2. The third-order valence-electron chi connectivity index (χ3n) is 6.89. The third-order valence-corrected chi connectivity index (χ3v) is 6.89. The Morgan fingerprint density at radius 2 is 1.95 bits per heavy atom. The molecular formula is C23H23F4N7O4. The predicted octanol–water partition coefficient (Wildman–Crippen LogP) is 3.28. The van der Waals surface area contributed by atoms with E-state index in [0.717, 1.165) is 6.20 Å². The van der Waals surface area contributed by atoms with Gasteiger partial charge in [0, 0.05) is 29.6 Å². The van der Waals surface area contributed by atoms with E-state index in [4.69, 9.17) is 4.74 Å². The van der Waals surface area contributed by atoms with Crippen LogP contribution in [0.25, 0.3) is 11.3 Å². The van der Waals surface area contributed by atoms with Crippen molar-refractivity contribution in [2.75, 3.05) is 7.11 Å². The second-order valence-electron chi connectivity index (χ2n) is 9.32. The second-order valence-corrected chi connectivity index (χ2v) is 9.32. The Labute approximate surface area is 212 Å². The molecule has 4 atom stereocenters. The summed E-state index contributed by atoms with van der Waals surface area (Å²) in [6.07, 6.45) is -1.58. The lowest BCUT2D eigenvalue weighted by Gasteiger charge is -2.38. The zero-order valence-electron chi connectivity index (χ0n) is 20.3. The van der Waals surface area contributed by atoms with Crippen LogP contribution in [0.2, 0.25) is 0 Å². The molecule has 3 aromatic heterocycles. The number of piperidine rings is 1. The fourth-order valence-corrected chi connectivity index (χ4v) is 5.08. The first-order valence-electron chi connectivity index (χ1n) is 11.8. The topological polar surface area (TPSA) is 139 Å². The lowest BCUT2D eigenvalue weighted by molar-refractivity contribution is -0.146. The van der Waals surface area contributed by atoms with Crippen LogP contribution in [0.5, 0.6) is 5.88 Å². The number of nitrogens with zero attached hydrogens (tertiary/aromatic N) is 5. The van der Waals surface area contributed by atoms with Crippen molar-refractivity contribution in [3.05, 3.63) is 41.6 Å². The molecule has 202 valence electrons. The molecule has 0 saturated carbocycles. The van der Waals surface area contributed by atoms with Gasteiger partial charge in [-0.2, -0.15) is 23.3 Å². The smallest absolute Gasteiger partial charge is 0.455 e. The van der Waals surface area contributed by atoms with Crippen LogP contribution in [-0.4, -0.2) is 61.2 Å². The van der Waals surface area contributed by atoms with Crippen LogP contribution < -0.4 is 10.1 Å².